The number of aliphatic hydroxyl groups excluding tert-OH is 2. The van der Waals surface area contributed by atoms with Gasteiger partial charge in [0.25, 0.3) is 0 Å². The van der Waals surface area contributed by atoms with Crippen molar-refractivity contribution in [2.45, 2.75) is 289 Å². The maximum atomic E-state index is 13.6. The minimum absolute atomic E-state index is 0.0667. The zero-order chi connectivity index (χ0) is 106. The van der Waals surface area contributed by atoms with Crippen LogP contribution >= 0.6 is 0 Å². The van der Waals surface area contributed by atoms with E-state index in [-0.39, 0.29) is 107 Å². The fraction of sp³-hybridized carbons (Fsp3) is 0.490. The number of rotatable bonds is 20. The highest BCUT2D eigenvalue weighted by molar-refractivity contribution is 5.84. The average Bonchev–Trinajstić information content (AvgIpc) is 1.65. The second-order valence-electron chi connectivity index (χ2n) is 38.4. The average molecular weight is 2070 g/mol. The molecule has 8 fully saturated rings. The summed E-state index contributed by atoms with van der Waals surface area (Å²) in [5.74, 6) is -5.29. The van der Waals surface area contributed by atoms with Crippen LogP contribution in [0.1, 0.15) is 269 Å². The number of nitrogens with one attached hydrogen (secondary N) is 4. The maximum absolute atomic E-state index is 13.6. The summed E-state index contributed by atoms with van der Waals surface area (Å²) in [6.45, 7) is 9.45. The molecule has 8 aromatic carbocycles. The Kier molecular flexibility index (Phi) is 32.8. The fourth-order valence-electron chi connectivity index (χ4n) is 21.8. The van der Waals surface area contributed by atoms with E-state index in [0.29, 0.717) is 137 Å². The van der Waals surface area contributed by atoms with Gasteiger partial charge in [-0.05, 0) is 295 Å². The van der Waals surface area contributed by atoms with Gasteiger partial charge in [0.2, 0.25) is 23.6 Å². The zero-order valence-corrected chi connectivity index (χ0v) is 77.4. The molecule has 8 aromatic rings. The molecule has 4 saturated heterocycles. The summed E-state index contributed by atoms with van der Waals surface area (Å²) in [7, 11) is 0. The van der Waals surface area contributed by atoms with E-state index in [1.54, 1.807) is 48.5 Å². The molecule has 42 heteroatoms. The van der Waals surface area contributed by atoms with Gasteiger partial charge in [0.15, 0.2) is 0 Å². The molecule has 0 spiro atoms. The Morgan fingerprint density at radius 2 is 0.500 bits per heavy atom. The van der Waals surface area contributed by atoms with E-state index in [1.165, 1.54) is 76.2 Å². The van der Waals surface area contributed by atoms with Gasteiger partial charge < -0.3 is 50.4 Å². The van der Waals surface area contributed by atoms with E-state index in [1.807, 2.05) is 13.8 Å². The third kappa shape index (κ3) is 26.3. The van der Waals surface area contributed by atoms with Crippen LogP contribution in [0.4, 0.5) is 123 Å². The third-order valence-electron chi connectivity index (χ3n) is 28.8. The number of aliphatic hydroxyl groups is 2. The van der Waals surface area contributed by atoms with Gasteiger partial charge >= 0.3 is 49.4 Å². The lowest BCUT2D eigenvalue weighted by molar-refractivity contribution is -0.145. The summed E-state index contributed by atoms with van der Waals surface area (Å²) < 4.78 is 399. The molecule has 6 N–H and O–H groups in total. The number of halogens is 28. The van der Waals surface area contributed by atoms with Crippen LogP contribution in [-0.4, -0.2) is 93.6 Å². The highest BCUT2D eigenvalue weighted by Crippen LogP contribution is 2.56. The molecule has 4 aliphatic heterocycles. The predicted molar refractivity (Wildman–Crippen MR) is 463 cm³/mol. The van der Waals surface area contributed by atoms with Gasteiger partial charge in [-0.2, -0.15) is 105 Å². The fourth-order valence-corrected chi connectivity index (χ4v) is 21.8. The lowest BCUT2D eigenvalue weighted by Crippen LogP contribution is -2.47. The predicted octanol–water partition coefficient (Wildman–Crippen LogP) is 25.8. The van der Waals surface area contributed by atoms with Gasteiger partial charge in [-0.3, -0.25) is 19.2 Å². The molecule has 4 heterocycles. The van der Waals surface area contributed by atoms with Crippen molar-refractivity contribution in [3.05, 3.63) is 282 Å². The summed E-state index contributed by atoms with van der Waals surface area (Å²) in [6, 6.07) is 27.5. The van der Waals surface area contributed by atoms with E-state index >= 15 is 0 Å². The highest BCUT2D eigenvalue weighted by atomic mass is 19.4. The van der Waals surface area contributed by atoms with Crippen LogP contribution in [0.2, 0.25) is 0 Å². The van der Waals surface area contributed by atoms with Crippen molar-refractivity contribution in [2.24, 2.45) is 23.7 Å². The van der Waals surface area contributed by atoms with Crippen molar-refractivity contribution in [2.75, 3.05) is 0 Å². The molecule has 22 atom stereocenters. The minimum Gasteiger partial charge on any atom is -0.383 e. The lowest BCUT2D eigenvalue weighted by atomic mass is 9.74. The number of alkyl halides is 24. The summed E-state index contributed by atoms with van der Waals surface area (Å²) >= 11 is 0. The van der Waals surface area contributed by atoms with Crippen LogP contribution in [-0.2, 0) is 87.5 Å². The summed E-state index contributed by atoms with van der Waals surface area (Å²) in [5.41, 5.74) is -10.7. The van der Waals surface area contributed by atoms with Crippen LogP contribution in [0.15, 0.2) is 170 Å². The molecule has 4 saturated carbocycles. The molecule has 16 rings (SSSR count). The topological polar surface area (TPSA) is 194 Å². The smallest absolute Gasteiger partial charge is 0.383 e. The van der Waals surface area contributed by atoms with E-state index in [2.05, 4.69) is 21.3 Å². The van der Waals surface area contributed by atoms with Crippen molar-refractivity contribution in [1.29, 1.82) is 0 Å². The Bertz CT molecular complexity index is 5350. The lowest BCUT2D eigenvalue weighted by Gasteiger charge is -2.37. The number of carbonyl (C=O) groups is 4. The maximum Gasteiger partial charge on any atom is 0.416 e. The van der Waals surface area contributed by atoms with Crippen molar-refractivity contribution in [3.8, 4) is 0 Å². The second kappa shape index (κ2) is 42.7. The largest absolute Gasteiger partial charge is 0.416 e. The van der Waals surface area contributed by atoms with E-state index < -0.39 is 225 Å². The summed E-state index contributed by atoms with van der Waals surface area (Å²) in [5, 5.41) is 31.3. The monoisotopic (exact) mass is 2070 g/mol. The summed E-state index contributed by atoms with van der Waals surface area (Å²) in [4.78, 5) is 47.7. The normalized spacial score (nSPS) is 27.8. The second-order valence-corrected chi connectivity index (χ2v) is 38.4. The quantitative estimate of drug-likeness (QED) is 0.0400. The van der Waals surface area contributed by atoms with Gasteiger partial charge in [-0.1, -0.05) is 48.5 Å². The number of amides is 4. The Labute approximate surface area is 807 Å². The van der Waals surface area contributed by atoms with Crippen molar-refractivity contribution in [3.63, 3.8) is 0 Å². The first-order valence-corrected chi connectivity index (χ1v) is 46.2. The van der Waals surface area contributed by atoms with Crippen molar-refractivity contribution in [1.82, 2.24) is 21.3 Å². The van der Waals surface area contributed by atoms with E-state index in [0.717, 1.165) is 11.1 Å². The molecule has 4 amide bonds. The minimum atomic E-state index is -4.98. The zero-order valence-electron chi connectivity index (χ0n) is 77.4. The number of hydrogen-bond acceptors (Lipinski definition) is 10. The number of benzene rings is 8. The summed E-state index contributed by atoms with van der Waals surface area (Å²) in [6.07, 6.45) is -42.6. The van der Waals surface area contributed by atoms with Crippen LogP contribution in [0.3, 0.4) is 0 Å². The standard InChI is InChI=1S/2C26H26F7NO2.2C25H24F7NO3/c2*1-14(16-11-17(25(28,29)30)13-18(12-16)26(31,32)33)36-21-8-7-20(24(2)10-9-22(35)34-24)23(21)15-3-5-19(27)6-4-15;2*1-12(14-8-15(24(27,28)29)10-16(9-14)25(30,31)32)36-21-7-6-18(19-11-20(34)23(35)33-19)22(21)13-2-4-17(26)5-3-13/h2*3-6,11-14,20-21,23H,7-10H2,1-2H3,(H,34,35);2*2-5,8-10,12,18-22,34H,6-7,11H2,1H3,(H,33,35)/t14-,20-,21+,23+,24+;14-,20-,21+,23+,24-;12-,18+,19-,20+,21+,22+;12-,18+,19-,20-,21+,22+/m1111/s1. The molecule has 8 aliphatic rings. The van der Waals surface area contributed by atoms with E-state index in [4.69, 9.17) is 18.9 Å². The first kappa shape index (κ1) is 111. The molecular weight excluding hydrogens is 1970 g/mol. The Balaban J connectivity index is 0.000000161. The Morgan fingerprint density at radius 3 is 0.688 bits per heavy atom. The van der Waals surface area contributed by atoms with Crippen molar-refractivity contribution >= 4 is 23.6 Å². The van der Waals surface area contributed by atoms with E-state index in [9.17, 15) is 152 Å². The molecular formula is C102H100F28N4O10. The Morgan fingerprint density at radius 1 is 0.299 bits per heavy atom. The van der Waals surface area contributed by atoms with Gasteiger partial charge in [0.1, 0.15) is 35.5 Å². The number of ether oxygens (including phenoxy) is 4. The van der Waals surface area contributed by atoms with Gasteiger partial charge in [0, 0.05) is 72.5 Å². The SMILES string of the molecule is C[C@@H](O[C@H]1CC[C@@H]([C@@]2(C)CCC(=O)N2)[C@@H]1c1ccc(F)cc1)c1cc(C(F)(F)F)cc(C(F)(F)F)c1.C[C@@H](O[C@H]1CC[C@@H]([C@H]2C[C@@H](O)C(=O)N2)[C@@H]1c1ccc(F)cc1)c1cc(C(F)(F)F)cc(C(F)(F)F)c1.C[C@@H](O[C@H]1CC[C@@H]([C@H]2C[C@H](O)C(=O)N2)[C@@H]1c1ccc(F)cc1)c1cc(C(F)(F)F)cc(C(F)(F)F)c1.C[C@@H](O[C@H]1CC[C@@H]([C@]2(C)CCC(=O)N2)[C@@H]1c1ccc(F)cc1)c1cc(C(F)(F)F)cc(C(F)(F)F)c1. The molecule has 0 unspecified atom stereocenters. The first-order chi connectivity index (χ1) is 66.8. The van der Waals surface area contributed by atoms with Crippen LogP contribution in [0.25, 0.3) is 0 Å². The van der Waals surface area contributed by atoms with Gasteiger partial charge in [-0.15, -0.1) is 0 Å². The first-order valence-electron chi connectivity index (χ1n) is 46.2. The molecule has 0 aromatic heterocycles. The van der Waals surface area contributed by atoms with Crippen LogP contribution in [0.5, 0.6) is 0 Å². The van der Waals surface area contributed by atoms with Gasteiger partial charge in [0.05, 0.1) is 93.3 Å². The third-order valence-corrected chi connectivity index (χ3v) is 28.8. The number of hydrogen-bond donors (Lipinski definition) is 6. The molecule has 784 valence electrons. The molecule has 0 bridgehead atoms. The molecule has 0 radical (unpaired) electrons. The molecule has 4 aliphatic carbocycles. The molecule has 14 nitrogen and oxygen atoms in total. The van der Waals surface area contributed by atoms with Crippen molar-refractivity contribution < 1.29 is 171 Å². The van der Waals surface area contributed by atoms with Gasteiger partial charge in [-0.25, -0.2) is 17.6 Å². The molecule has 144 heavy (non-hydrogen) atoms. The Hall–Kier alpha value is -10.6. The highest BCUT2D eigenvalue weighted by Gasteiger charge is 2.56. The number of carbonyl (C=O) groups excluding carboxylic acids is 4. The van der Waals surface area contributed by atoms with Crippen LogP contribution < -0.4 is 21.3 Å². The van der Waals surface area contributed by atoms with Crippen LogP contribution in [0, 0.1) is 46.9 Å².